The maximum atomic E-state index is 13.3. The molecule has 2 aromatic heterocycles. The summed E-state index contributed by atoms with van der Waals surface area (Å²) in [5.41, 5.74) is 0.847. The monoisotopic (exact) mass is 547 g/mol. The van der Waals surface area contributed by atoms with Gasteiger partial charge in [0.15, 0.2) is 9.84 Å². The number of fused-ring (bicyclic) bond motifs is 2. The topological polar surface area (TPSA) is 119 Å². The summed E-state index contributed by atoms with van der Waals surface area (Å²) in [7, 11) is -2.15. The summed E-state index contributed by atoms with van der Waals surface area (Å²) in [5, 5.41) is 5.87. The van der Waals surface area contributed by atoms with Gasteiger partial charge in [-0.15, -0.1) is 0 Å². The fourth-order valence-electron chi connectivity index (χ4n) is 3.71. The van der Waals surface area contributed by atoms with Crippen molar-refractivity contribution in [2.24, 2.45) is 5.10 Å². The molecule has 0 aliphatic rings. The van der Waals surface area contributed by atoms with Gasteiger partial charge in [0, 0.05) is 6.42 Å². The first-order valence-corrected chi connectivity index (χ1v) is 13.9. The molecule has 0 bridgehead atoms. The molecule has 9 nitrogen and oxygen atoms in total. The van der Waals surface area contributed by atoms with Gasteiger partial charge in [0.1, 0.15) is 17.6 Å². The predicted octanol–water partition coefficient (Wildman–Crippen LogP) is 4.64. The number of nitrogens with zero attached hydrogens (tertiary/aromatic N) is 3. The molecular formula is C27H21N3O6S2. The van der Waals surface area contributed by atoms with Crippen LogP contribution in [0, 0.1) is 0 Å². The molecule has 1 amide bonds. The minimum absolute atomic E-state index is 0.126. The fourth-order valence-corrected chi connectivity index (χ4v) is 5.93. The fraction of sp³-hybridized carbons (Fsp3) is 0.111. The first-order chi connectivity index (χ1) is 18.4. The molecule has 3 aromatic carbocycles. The van der Waals surface area contributed by atoms with Gasteiger partial charge in [0.05, 0.1) is 45.1 Å². The summed E-state index contributed by atoms with van der Waals surface area (Å²) in [6.07, 6.45) is 2.13. The van der Waals surface area contributed by atoms with Crippen LogP contribution in [0.2, 0.25) is 0 Å². The van der Waals surface area contributed by atoms with Crippen LogP contribution in [0.1, 0.15) is 12.0 Å². The highest BCUT2D eigenvalue weighted by molar-refractivity contribution is 7.91. The summed E-state index contributed by atoms with van der Waals surface area (Å²) in [5.74, 6) is -0.396. The van der Waals surface area contributed by atoms with E-state index in [0.29, 0.717) is 22.2 Å². The van der Waals surface area contributed by atoms with Gasteiger partial charge in [-0.3, -0.25) is 9.59 Å². The van der Waals surface area contributed by atoms with E-state index < -0.39 is 21.5 Å². The molecule has 0 radical (unpaired) electrons. The summed E-state index contributed by atoms with van der Waals surface area (Å²) in [6.45, 7) is 0. The number of benzene rings is 3. The van der Waals surface area contributed by atoms with Crippen LogP contribution in [0.4, 0.5) is 5.13 Å². The number of hydrogen-bond acceptors (Lipinski definition) is 9. The van der Waals surface area contributed by atoms with Crippen molar-refractivity contribution >= 4 is 59.6 Å². The number of rotatable bonds is 8. The van der Waals surface area contributed by atoms with Crippen molar-refractivity contribution in [3.63, 3.8) is 0 Å². The van der Waals surface area contributed by atoms with Crippen molar-refractivity contribution in [3.8, 4) is 5.75 Å². The third-order valence-electron chi connectivity index (χ3n) is 5.71. The van der Waals surface area contributed by atoms with E-state index in [1.807, 2.05) is 0 Å². The lowest BCUT2D eigenvalue weighted by molar-refractivity contribution is -0.118. The van der Waals surface area contributed by atoms with E-state index >= 15 is 0 Å². The summed E-state index contributed by atoms with van der Waals surface area (Å²) >= 11 is 1.18. The van der Waals surface area contributed by atoms with E-state index in [1.165, 1.54) is 35.9 Å². The van der Waals surface area contributed by atoms with Crippen LogP contribution >= 0.6 is 11.3 Å². The summed E-state index contributed by atoms with van der Waals surface area (Å²) < 4.78 is 37.1. The van der Waals surface area contributed by atoms with E-state index in [-0.39, 0.29) is 27.4 Å². The Bertz CT molecular complexity index is 1830. The molecule has 2 heterocycles. The number of carbonyl (C=O) groups excluding carboxylic acids is 1. The molecule has 0 unspecified atom stereocenters. The number of hydrazone groups is 1. The molecule has 0 aliphatic heterocycles. The van der Waals surface area contributed by atoms with Crippen molar-refractivity contribution < 1.29 is 22.4 Å². The van der Waals surface area contributed by atoms with Crippen LogP contribution in [0.3, 0.4) is 0 Å². The van der Waals surface area contributed by atoms with Gasteiger partial charge in [0.25, 0.3) is 5.91 Å². The van der Waals surface area contributed by atoms with Crippen LogP contribution in [0.5, 0.6) is 5.75 Å². The first-order valence-electron chi connectivity index (χ1n) is 11.5. The molecule has 0 fully saturated rings. The van der Waals surface area contributed by atoms with Crippen molar-refractivity contribution in [2.75, 3.05) is 17.9 Å². The number of carbonyl (C=O) groups is 1. The Morgan fingerprint density at radius 3 is 2.66 bits per heavy atom. The van der Waals surface area contributed by atoms with Crippen molar-refractivity contribution in [1.82, 2.24) is 4.98 Å². The molecule has 5 rings (SSSR count). The first kappa shape index (κ1) is 25.3. The highest BCUT2D eigenvalue weighted by Crippen LogP contribution is 2.32. The van der Waals surface area contributed by atoms with Gasteiger partial charge in [-0.1, -0.05) is 41.7 Å². The predicted molar refractivity (Wildman–Crippen MR) is 147 cm³/mol. The molecule has 0 saturated heterocycles. The average molecular weight is 548 g/mol. The average Bonchev–Trinajstić information content (AvgIpc) is 3.36. The zero-order valence-corrected chi connectivity index (χ0v) is 21.7. The lowest BCUT2D eigenvalue weighted by Crippen LogP contribution is -2.28. The molecule has 0 atom stereocenters. The quantitative estimate of drug-likeness (QED) is 0.205. The molecule has 0 N–H and O–H groups in total. The van der Waals surface area contributed by atoms with Crippen molar-refractivity contribution in [2.45, 2.75) is 11.3 Å². The van der Waals surface area contributed by atoms with E-state index in [4.69, 9.17) is 9.15 Å². The minimum Gasteiger partial charge on any atom is -0.497 e. The SMILES string of the molecule is COc1ccc2nc(N(/N=C/c3coc4ccccc4c3=O)C(=O)CCS(=O)(=O)c3ccccc3)sc2c1. The minimum atomic E-state index is -3.70. The number of amides is 1. The third-order valence-corrected chi connectivity index (χ3v) is 8.43. The second-order valence-electron chi connectivity index (χ2n) is 8.18. The van der Waals surface area contributed by atoms with Gasteiger partial charge < -0.3 is 9.15 Å². The number of sulfone groups is 1. The molecule has 0 spiro atoms. The van der Waals surface area contributed by atoms with Gasteiger partial charge >= 0.3 is 0 Å². The number of hydrogen-bond donors (Lipinski definition) is 0. The zero-order chi connectivity index (χ0) is 26.7. The molecule has 11 heteroatoms. The van der Waals surface area contributed by atoms with Crippen LogP contribution in [0.15, 0.2) is 98.3 Å². The Balaban J connectivity index is 1.49. The number of para-hydroxylation sites is 1. The van der Waals surface area contributed by atoms with Gasteiger partial charge in [0.2, 0.25) is 10.6 Å². The van der Waals surface area contributed by atoms with E-state index in [1.54, 1.807) is 67.8 Å². The molecule has 192 valence electrons. The molecule has 38 heavy (non-hydrogen) atoms. The second kappa shape index (κ2) is 10.6. The van der Waals surface area contributed by atoms with Gasteiger partial charge in [-0.05, 0) is 42.5 Å². The van der Waals surface area contributed by atoms with Crippen molar-refractivity contribution in [3.05, 3.63) is 94.8 Å². The Morgan fingerprint density at radius 2 is 1.87 bits per heavy atom. The number of methoxy groups -OCH3 is 1. The highest BCUT2D eigenvalue weighted by atomic mass is 32.2. The Kier molecular flexibility index (Phi) is 7.03. The largest absolute Gasteiger partial charge is 0.497 e. The normalized spacial score (nSPS) is 11.8. The highest BCUT2D eigenvalue weighted by Gasteiger charge is 2.23. The van der Waals surface area contributed by atoms with Crippen molar-refractivity contribution in [1.29, 1.82) is 0 Å². The number of anilines is 1. The number of thiazole rings is 1. The lowest BCUT2D eigenvalue weighted by Gasteiger charge is -2.14. The molecular weight excluding hydrogens is 526 g/mol. The van der Waals surface area contributed by atoms with Gasteiger partial charge in [-0.2, -0.15) is 10.1 Å². The smallest absolute Gasteiger partial charge is 0.250 e. The molecule has 5 aromatic rings. The zero-order valence-electron chi connectivity index (χ0n) is 20.1. The Labute approximate surface area is 221 Å². The van der Waals surface area contributed by atoms with Crippen LogP contribution in [0.25, 0.3) is 21.2 Å². The van der Waals surface area contributed by atoms with E-state index in [2.05, 4.69) is 10.1 Å². The Hall–Kier alpha value is -4.35. The van der Waals surface area contributed by atoms with Crippen LogP contribution in [-0.2, 0) is 14.6 Å². The number of ether oxygens (including phenoxy) is 1. The van der Waals surface area contributed by atoms with Gasteiger partial charge in [-0.25, -0.2) is 13.4 Å². The summed E-state index contributed by atoms with van der Waals surface area (Å²) in [6, 6.07) is 20.0. The molecule has 0 aliphatic carbocycles. The van der Waals surface area contributed by atoms with E-state index in [0.717, 1.165) is 9.71 Å². The lowest BCUT2D eigenvalue weighted by atomic mass is 10.2. The third kappa shape index (κ3) is 5.20. The standard InChI is InChI=1S/C27H21N3O6S2/c1-35-19-11-12-22-24(15-19)37-27(29-22)30(25(31)13-14-38(33,34)20-7-3-2-4-8-20)28-16-18-17-36-23-10-6-5-9-21(23)26(18)32/h2-12,15-17H,13-14H2,1H3/b28-16+. The maximum absolute atomic E-state index is 13.3. The number of aromatic nitrogens is 1. The second-order valence-corrected chi connectivity index (χ2v) is 11.3. The van der Waals surface area contributed by atoms with E-state index in [9.17, 15) is 18.0 Å². The molecule has 0 saturated carbocycles. The summed E-state index contributed by atoms with van der Waals surface area (Å²) in [4.78, 5) is 30.9. The van der Waals surface area contributed by atoms with Crippen LogP contribution in [-0.4, -0.2) is 38.4 Å². The Morgan fingerprint density at radius 1 is 1.11 bits per heavy atom. The maximum Gasteiger partial charge on any atom is 0.250 e. The van der Waals surface area contributed by atoms with Crippen LogP contribution < -0.4 is 15.2 Å².